The summed E-state index contributed by atoms with van der Waals surface area (Å²) in [4.78, 5) is 25.3. The Balaban J connectivity index is 1.60. The largest absolute Gasteiger partial charge is 0.333 e. The number of amides is 1. The summed E-state index contributed by atoms with van der Waals surface area (Å²) in [5, 5.41) is 8.70. The van der Waals surface area contributed by atoms with Gasteiger partial charge >= 0.3 is 0 Å². The fraction of sp³-hybridized carbons (Fsp3) is 0.0556. The second-order valence-electron chi connectivity index (χ2n) is 5.50. The molecule has 0 atom stereocenters. The Hall–Kier alpha value is -3.39. The molecule has 8 heteroatoms. The summed E-state index contributed by atoms with van der Waals surface area (Å²) in [6, 6.07) is 9.64. The van der Waals surface area contributed by atoms with Crippen molar-refractivity contribution in [3.8, 4) is 22.2 Å². The number of benzene rings is 1. The number of carbonyl (C=O) groups is 1. The minimum absolute atomic E-state index is 0.232. The molecule has 26 heavy (non-hydrogen) atoms. The van der Waals surface area contributed by atoms with Crippen molar-refractivity contribution in [2.24, 2.45) is 0 Å². The van der Waals surface area contributed by atoms with Crippen LogP contribution in [0.15, 0.2) is 58.8 Å². The van der Waals surface area contributed by atoms with Gasteiger partial charge in [0, 0.05) is 18.0 Å². The van der Waals surface area contributed by atoms with Gasteiger partial charge in [-0.2, -0.15) is 4.98 Å². The van der Waals surface area contributed by atoms with Crippen LogP contribution >= 0.6 is 11.3 Å². The zero-order valence-corrected chi connectivity index (χ0v) is 14.5. The van der Waals surface area contributed by atoms with E-state index in [0.29, 0.717) is 22.3 Å². The first-order valence-corrected chi connectivity index (χ1v) is 8.64. The van der Waals surface area contributed by atoms with Crippen LogP contribution in [0, 0.1) is 6.92 Å². The van der Waals surface area contributed by atoms with Crippen molar-refractivity contribution in [1.29, 1.82) is 0 Å². The highest BCUT2D eigenvalue weighted by molar-refractivity contribution is 7.14. The normalized spacial score (nSPS) is 10.7. The van der Waals surface area contributed by atoms with Crippen molar-refractivity contribution in [2.75, 3.05) is 5.32 Å². The summed E-state index contributed by atoms with van der Waals surface area (Å²) >= 11 is 1.40. The maximum atomic E-state index is 12.3. The molecule has 0 aliphatic heterocycles. The first kappa shape index (κ1) is 16.1. The standard InChI is InChI=1S/C18H13N5O2S/c1-11-3-2-4-12(9-11)16-22-18(25-23-16)15-13(5-8-26-15)21-17(24)14-10-19-6-7-20-14/h2-10H,1H3,(H,21,24). The van der Waals surface area contributed by atoms with Crippen LogP contribution in [0.5, 0.6) is 0 Å². The predicted octanol–water partition coefficient (Wildman–Crippen LogP) is 3.82. The summed E-state index contributed by atoms with van der Waals surface area (Å²) < 4.78 is 5.40. The molecule has 3 aromatic heterocycles. The van der Waals surface area contributed by atoms with E-state index in [-0.39, 0.29) is 11.6 Å². The second kappa shape index (κ2) is 6.85. The fourth-order valence-electron chi connectivity index (χ4n) is 2.39. The molecule has 7 nitrogen and oxygen atoms in total. The first-order valence-electron chi connectivity index (χ1n) is 7.77. The number of thiophene rings is 1. The Bertz CT molecular complexity index is 1060. The molecule has 4 aromatic rings. The highest BCUT2D eigenvalue weighted by Crippen LogP contribution is 2.34. The molecule has 0 unspecified atom stereocenters. The minimum atomic E-state index is -0.351. The molecule has 1 aromatic carbocycles. The summed E-state index contributed by atoms with van der Waals surface area (Å²) in [5.41, 5.74) is 2.81. The third-order valence-electron chi connectivity index (χ3n) is 3.61. The summed E-state index contributed by atoms with van der Waals surface area (Å²) in [6.45, 7) is 2.00. The van der Waals surface area contributed by atoms with Crippen LogP contribution in [0.3, 0.4) is 0 Å². The lowest BCUT2D eigenvalue weighted by Crippen LogP contribution is -2.13. The lowest BCUT2D eigenvalue weighted by molar-refractivity contribution is 0.102. The van der Waals surface area contributed by atoms with E-state index in [0.717, 1.165) is 11.1 Å². The number of rotatable bonds is 4. The molecule has 128 valence electrons. The molecule has 1 N–H and O–H groups in total. The van der Waals surface area contributed by atoms with Gasteiger partial charge in [-0.15, -0.1) is 11.3 Å². The van der Waals surface area contributed by atoms with E-state index < -0.39 is 0 Å². The van der Waals surface area contributed by atoms with Gasteiger partial charge < -0.3 is 9.84 Å². The number of anilines is 1. The van der Waals surface area contributed by atoms with Gasteiger partial charge in [0.25, 0.3) is 11.8 Å². The topological polar surface area (TPSA) is 93.8 Å². The van der Waals surface area contributed by atoms with Crippen LogP contribution in [-0.2, 0) is 0 Å². The Morgan fingerprint density at radius 2 is 2.15 bits per heavy atom. The maximum absolute atomic E-state index is 12.3. The van der Waals surface area contributed by atoms with Gasteiger partial charge in [-0.1, -0.05) is 28.9 Å². The fourth-order valence-corrected chi connectivity index (χ4v) is 3.16. The molecule has 0 aliphatic carbocycles. The Kier molecular flexibility index (Phi) is 4.24. The molecule has 0 radical (unpaired) electrons. The van der Waals surface area contributed by atoms with Crippen LogP contribution in [-0.4, -0.2) is 26.0 Å². The van der Waals surface area contributed by atoms with Crippen molar-refractivity contribution in [3.63, 3.8) is 0 Å². The van der Waals surface area contributed by atoms with Crippen LogP contribution in [0.4, 0.5) is 5.69 Å². The number of aromatic nitrogens is 4. The molecule has 4 rings (SSSR count). The number of hydrogen-bond acceptors (Lipinski definition) is 7. The number of aryl methyl sites for hydroxylation is 1. The lowest BCUT2D eigenvalue weighted by atomic mass is 10.1. The second-order valence-corrected chi connectivity index (χ2v) is 6.42. The molecule has 0 saturated heterocycles. The maximum Gasteiger partial charge on any atom is 0.275 e. The molecule has 0 bridgehead atoms. The van der Waals surface area contributed by atoms with Crippen molar-refractivity contribution in [1.82, 2.24) is 20.1 Å². The summed E-state index contributed by atoms with van der Waals surface area (Å²) in [7, 11) is 0. The lowest BCUT2D eigenvalue weighted by Gasteiger charge is -2.03. The van der Waals surface area contributed by atoms with E-state index in [2.05, 4.69) is 25.4 Å². The number of hydrogen-bond donors (Lipinski definition) is 1. The van der Waals surface area contributed by atoms with Crippen molar-refractivity contribution < 1.29 is 9.32 Å². The quantitative estimate of drug-likeness (QED) is 0.592. The van der Waals surface area contributed by atoms with Crippen LogP contribution in [0.1, 0.15) is 16.1 Å². The van der Waals surface area contributed by atoms with Gasteiger partial charge in [-0.25, -0.2) is 4.98 Å². The molecule has 0 fully saturated rings. The van der Waals surface area contributed by atoms with E-state index >= 15 is 0 Å². The Labute approximate surface area is 152 Å². The minimum Gasteiger partial charge on any atom is -0.333 e. The molecule has 0 spiro atoms. The number of nitrogens with zero attached hydrogens (tertiary/aromatic N) is 4. The van der Waals surface area contributed by atoms with Gasteiger partial charge in [0.15, 0.2) is 0 Å². The van der Waals surface area contributed by atoms with Gasteiger partial charge in [-0.05, 0) is 24.4 Å². The summed E-state index contributed by atoms with van der Waals surface area (Å²) in [6.07, 6.45) is 4.39. The van der Waals surface area contributed by atoms with E-state index in [1.165, 1.54) is 29.9 Å². The molecular formula is C18H13N5O2S. The van der Waals surface area contributed by atoms with Gasteiger partial charge in [-0.3, -0.25) is 9.78 Å². The zero-order valence-electron chi connectivity index (χ0n) is 13.7. The van der Waals surface area contributed by atoms with Crippen LogP contribution < -0.4 is 5.32 Å². The molecule has 1 amide bonds. The number of nitrogens with one attached hydrogen (secondary N) is 1. The van der Waals surface area contributed by atoms with Gasteiger partial charge in [0.2, 0.25) is 5.82 Å². The van der Waals surface area contributed by atoms with Gasteiger partial charge in [0.05, 0.1) is 11.9 Å². The SMILES string of the molecule is Cc1cccc(-c2noc(-c3sccc3NC(=O)c3cnccn3)n2)c1. The van der Waals surface area contributed by atoms with Crippen LogP contribution in [0.2, 0.25) is 0 Å². The Morgan fingerprint density at radius 3 is 2.96 bits per heavy atom. The predicted molar refractivity (Wildman–Crippen MR) is 97.8 cm³/mol. The molecule has 0 saturated carbocycles. The average Bonchev–Trinajstić information content (AvgIpc) is 3.31. The first-order chi connectivity index (χ1) is 12.7. The monoisotopic (exact) mass is 363 g/mol. The summed E-state index contributed by atoms with van der Waals surface area (Å²) in [5.74, 6) is 0.505. The zero-order chi connectivity index (χ0) is 17.9. The molecule has 0 aliphatic rings. The molecule has 3 heterocycles. The van der Waals surface area contributed by atoms with E-state index in [1.807, 2.05) is 36.6 Å². The van der Waals surface area contributed by atoms with Crippen molar-refractivity contribution >= 4 is 22.9 Å². The Morgan fingerprint density at radius 1 is 1.23 bits per heavy atom. The molecular weight excluding hydrogens is 350 g/mol. The third kappa shape index (κ3) is 3.22. The van der Waals surface area contributed by atoms with Crippen molar-refractivity contribution in [2.45, 2.75) is 6.92 Å². The number of carbonyl (C=O) groups excluding carboxylic acids is 1. The van der Waals surface area contributed by atoms with Crippen molar-refractivity contribution in [3.05, 3.63) is 65.6 Å². The van der Waals surface area contributed by atoms with E-state index in [1.54, 1.807) is 6.07 Å². The highest BCUT2D eigenvalue weighted by atomic mass is 32.1. The average molecular weight is 363 g/mol. The van der Waals surface area contributed by atoms with Crippen LogP contribution in [0.25, 0.3) is 22.2 Å². The van der Waals surface area contributed by atoms with E-state index in [4.69, 9.17) is 4.52 Å². The highest BCUT2D eigenvalue weighted by Gasteiger charge is 2.18. The van der Waals surface area contributed by atoms with Gasteiger partial charge in [0.1, 0.15) is 10.6 Å². The third-order valence-corrected chi connectivity index (χ3v) is 4.51. The smallest absolute Gasteiger partial charge is 0.275 e. The van der Waals surface area contributed by atoms with E-state index in [9.17, 15) is 4.79 Å².